The monoisotopic (exact) mass is 358 g/mol. The van der Waals surface area contributed by atoms with Crippen molar-refractivity contribution in [3.05, 3.63) is 54.1 Å². The van der Waals surface area contributed by atoms with Gasteiger partial charge in [-0.25, -0.2) is 0 Å². The minimum Gasteiger partial charge on any atom is -0.497 e. The molecule has 0 spiro atoms. The van der Waals surface area contributed by atoms with E-state index >= 15 is 0 Å². The van der Waals surface area contributed by atoms with Crippen molar-refractivity contribution in [1.29, 1.82) is 0 Å². The molecule has 0 bridgehead atoms. The third kappa shape index (κ3) is 6.43. The van der Waals surface area contributed by atoms with Crippen molar-refractivity contribution in [2.45, 2.75) is 26.4 Å². The van der Waals surface area contributed by atoms with Gasteiger partial charge in [0.1, 0.15) is 11.5 Å². The quantitative estimate of drug-likeness (QED) is 0.774. The highest BCUT2D eigenvalue weighted by atomic mass is 32.1. The van der Waals surface area contributed by atoms with E-state index in [0.717, 1.165) is 22.7 Å². The minimum absolute atomic E-state index is 0.122. The molecule has 0 aliphatic heterocycles. The first-order valence-corrected chi connectivity index (χ1v) is 8.37. The summed E-state index contributed by atoms with van der Waals surface area (Å²) in [5, 5.41) is 5.91. The smallest absolute Gasteiger partial charge is 0.230 e. The van der Waals surface area contributed by atoms with Crippen LogP contribution in [0.4, 0.5) is 5.69 Å². The van der Waals surface area contributed by atoms with E-state index in [2.05, 4.69) is 10.6 Å². The third-order valence-corrected chi connectivity index (χ3v) is 3.46. The van der Waals surface area contributed by atoms with Crippen LogP contribution in [0.1, 0.15) is 19.4 Å². The highest BCUT2D eigenvalue weighted by Gasteiger charge is 2.07. The fourth-order valence-corrected chi connectivity index (χ4v) is 2.38. The lowest BCUT2D eigenvalue weighted by molar-refractivity contribution is -0.119. The number of carbonyl (C=O) groups is 1. The van der Waals surface area contributed by atoms with Crippen LogP contribution in [-0.4, -0.2) is 24.2 Å². The zero-order valence-electron chi connectivity index (χ0n) is 14.5. The number of nitrogens with one attached hydrogen (secondary N) is 2. The van der Waals surface area contributed by atoms with Gasteiger partial charge in [-0.3, -0.25) is 4.79 Å². The maximum Gasteiger partial charge on any atom is 0.230 e. The Morgan fingerprint density at radius 2 is 1.64 bits per heavy atom. The molecule has 0 atom stereocenters. The van der Waals surface area contributed by atoms with Gasteiger partial charge in [0.25, 0.3) is 0 Å². The molecule has 132 valence electrons. The summed E-state index contributed by atoms with van der Waals surface area (Å²) in [6.45, 7) is 3.94. The van der Waals surface area contributed by atoms with Gasteiger partial charge in [0, 0.05) is 5.69 Å². The number of hydrogen-bond acceptors (Lipinski definition) is 4. The van der Waals surface area contributed by atoms with Crippen LogP contribution < -0.4 is 20.1 Å². The fraction of sp³-hybridized carbons (Fsp3) is 0.263. The predicted octanol–water partition coefficient (Wildman–Crippen LogP) is 3.54. The summed E-state index contributed by atoms with van der Waals surface area (Å²) in [5.41, 5.74) is 1.67. The van der Waals surface area contributed by atoms with E-state index < -0.39 is 0 Å². The van der Waals surface area contributed by atoms with Gasteiger partial charge in [0.2, 0.25) is 5.91 Å². The minimum atomic E-state index is -0.178. The molecule has 0 heterocycles. The van der Waals surface area contributed by atoms with Crippen LogP contribution in [0.25, 0.3) is 0 Å². The average Bonchev–Trinajstić information content (AvgIpc) is 2.56. The van der Waals surface area contributed by atoms with Crippen LogP contribution in [0.2, 0.25) is 0 Å². The Kier molecular flexibility index (Phi) is 6.77. The van der Waals surface area contributed by atoms with Crippen molar-refractivity contribution in [2.75, 3.05) is 12.4 Å². The van der Waals surface area contributed by atoms with Gasteiger partial charge in [0.15, 0.2) is 5.11 Å². The molecule has 5 nitrogen and oxygen atoms in total. The summed E-state index contributed by atoms with van der Waals surface area (Å²) in [6.07, 6.45) is 0.365. The summed E-state index contributed by atoms with van der Waals surface area (Å²) in [7, 11) is 1.60. The molecule has 0 fully saturated rings. The van der Waals surface area contributed by atoms with Crippen LogP contribution >= 0.6 is 12.2 Å². The molecule has 1 amide bonds. The van der Waals surface area contributed by atoms with E-state index in [4.69, 9.17) is 21.7 Å². The SMILES string of the molecule is COc1ccc(CC(=O)NC(=S)Nc2ccc(OC(C)C)cc2)cc1. The first-order chi connectivity index (χ1) is 12.0. The topological polar surface area (TPSA) is 59.6 Å². The standard InChI is InChI=1S/C19H22N2O3S/c1-13(2)24-17-10-6-15(7-11-17)20-19(25)21-18(22)12-14-4-8-16(23-3)9-5-14/h4-11,13H,12H2,1-3H3,(H2,20,21,22,25). The number of amides is 1. The number of hydrogen-bond donors (Lipinski definition) is 2. The Bertz CT molecular complexity index is 712. The zero-order valence-corrected chi connectivity index (χ0v) is 15.4. The number of ether oxygens (including phenoxy) is 2. The first-order valence-electron chi connectivity index (χ1n) is 7.96. The van der Waals surface area contributed by atoms with Crippen LogP contribution in [-0.2, 0) is 11.2 Å². The summed E-state index contributed by atoms with van der Waals surface area (Å²) in [5.74, 6) is 1.36. The Labute approximate surface area is 153 Å². The van der Waals surface area contributed by atoms with E-state index in [1.165, 1.54) is 0 Å². The Balaban J connectivity index is 1.83. The predicted molar refractivity (Wildman–Crippen MR) is 103 cm³/mol. The van der Waals surface area contributed by atoms with Crippen molar-refractivity contribution in [1.82, 2.24) is 5.32 Å². The first kappa shape index (κ1) is 18.7. The lowest BCUT2D eigenvalue weighted by Gasteiger charge is -2.12. The van der Waals surface area contributed by atoms with Crippen LogP contribution in [0.3, 0.4) is 0 Å². The summed E-state index contributed by atoms with van der Waals surface area (Å²) in [4.78, 5) is 12.1. The van der Waals surface area contributed by atoms with E-state index in [9.17, 15) is 4.79 Å². The van der Waals surface area contributed by atoms with E-state index in [0.29, 0.717) is 0 Å². The molecule has 0 saturated heterocycles. The molecule has 0 aliphatic carbocycles. The largest absolute Gasteiger partial charge is 0.497 e. The summed E-state index contributed by atoms with van der Waals surface area (Å²) < 4.78 is 10.7. The second-order valence-corrected chi connectivity index (χ2v) is 6.13. The van der Waals surface area contributed by atoms with Gasteiger partial charge >= 0.3 is 0 Å². The molecule has 2 aromatic rings. The van der Waals surface area contributed by atoms with E-state index in [-0.39, 0.29) is 23.5 Å². The number of rotatable bonds is 6. The maximum atomic E-state index is 12.1. The van der Waals surface area contributed by atoms with Crippen molar-refractivity contribution < 1.29 is 14.3 Å². The third-order valence-electron chi connectivity index (χ3n) is 3.26. The normalized spacial score (nSPS) is 10.2. The van der Waals surface area contributed by atoms with Crippen LogP contribution in [0.15, 0.2) is 48.5 Å². The Hall–Kier alpha value is -2.60. The molecule has 2 rings (SSSR count). The van der Waals surface area contributed by atoms with Gasteiger partial charge in [-0.15, -0.1) is 0 Å². The highest BCUT2D eigenvalue weighted by Crippen LogP contribution is 2.17. The Morgan fingerprint density at radius 1 is 1.04 bits per heavy atom. The van der Waals surface area contributed by atoms with Crippen molar-refractivity contribution in [3.63, 3.8) is 0 Å². The second kappa shape index (κ2) is 9.03. The molecule has 2 aromatic carbocycles. The van der Waals surface area contributed by atoms with Crippen molar-refractivity contribution in [3.8, 4) is 11.5 Å². The van der Waals surface area contributed by atoms with Gasteiger partial charge in [-0.05, 0) is 68.0 Å². The highest BCUT2D eigenvalue weighted by molar-refractivity contribution is 7.80. The molecule has 0 unspecified atom stereocenters. The lowest BCUT2D eigenvalue weighted by atomic mass is 10.1. The summed E-state index contributed by atoms with van der Waals surface area (Å²) >= 11 is 5.18. The van der Waals surface area contributed by atoms with Gasteiger partial charge in [0.05, 0.1) is 19.6 Å². The number of benzene rings is 2. The molecule has 0 radical (unpaired) electrons. The molecular weight excluding hydrogens is 336 g/mol. The second-order valence-electron chi connectivity index (χ2n) is 5.72. The molecule has 0 saturated carbocycles. The molecule has 6 heteroatoms. The molecule has 0 aliphatic rings. The number of carbonyl (C=O) groups excluding carboxylic acids is 1. The van der Waals surface area contributed by atoms with Gasteiger partial charge in [-0.2, -0.15) is 0 Å². The number of methoxy groups -OCH3 is 1. The molecular formula is C19H22N2O3S. The van der Waals surface area contributed by atoms with Gasteiger partial charge in [-0.1, -0.05) is 12.1 Å². The Morgan fingerprint density at radius 3 is 2.20 bits per heavy atom. The average molecular weight is 358 g/mol. The van der Waals surface area contributed by atoms with Crippen LogP contribution in [0, 0.1) is 0 Å². The fourth-order valence-electron chi connectivity index (χ4n) is 2.15. The van der Waals surface area contributed by atoms with E-state index in [1.54, 1.807) is 7.11 Å². The van der Waals surface area contributed by atoms with Crippen molar-refractivity contribution >= 4 is 28.9 Å². The van der Waals surface area contributed by atoms with Crippen LogP contribution in [0.5, 0.6) is 11.5 Å². The molecule has 2 N–H and O–H groups in total. The van der Waals surface area contributed by atoms with E-state index in [1.807, 2.05) is 62.4 Å². The number of thiocarbonyl (C=S) groups is 1. The maximum absolute atomic E-state index is 12.1. The number of anilines is 1. The van der Waals surface area contributed by atoms with Gasteiger partial charge < -0.3 is 20.1 Å². The zero-order chi connectivity index (χ0) is 18.2. The molecule has 25 heavy (non-hydrogen) atoms. The van der Waals surface area contributed by atoms with Crippen molar-refractivity contribution in [2.24, 2.45) is 0 Å². The summed E-state index contributed by atoms with van der Waals surface area (Å²) in [6, 6.07) is 14.7. The lowest BCUT2D eigenvalue weighted by Crippen LogP contribution is -2.35. The molecule has 0 aromatic heterocycles.